The zero-order valence-corrected chi connectivity index (χ0v) is 7.15. The molecule has 11 heavy (non-hydrogen) atoms. The Kier molecular flexibility index (Phi) is 2.17. The second kappa shape index (κ2) is 2.81. The monoisotopic (exact) mass is 177 g/mol. The van der Waals surface area contributed by atoms with Gasteiger partial charge < -0.3 is 5.32 Å². The van der Waals surface area contributed by atoms with Crippen LogP contribution in [0.5, 0.6) is 0 Å². The minimum absolute atomic E-state index is 0.0694. The molecule has 1 atom stereocenters. The fourth-order valence-electron chi connectivity index (χ4n) is 0.994. The van der Waals surface area contributed by atoms with E-state index in [1.165, 1.54) is 0 Å². The zero-order valence-electron chi connectivity index (χ0n) is 6.33. The number of carbonyl (C=O) groups is 1. The average Bonchev–Trinajstić information content (AvgIpc) is 1.94. The molecule has 1 heterocycles. The van der Waals surface area contributed by atoms with Crippen LogP contribution in [-0.2, 0) is 14.6 Å². The number of nitrogens with one attached hydrogen (secondary N) is 1. The molecule has 0 aromatic carbocycles. The molecule has 64 valence electrons. The third kappa shape index (κ3) is 1.92. The Morgan fingerprint density at radius 2 is 2.18 bits per heavy atom. The molecule has 0 spiro atoms. The normalized spacial score (nSPS) is 30.6. The van der Waals surface area contributed by atoms with Gasteiger partial charge in [-0.2, -0.15) is 0 Å². The van der Waals surface area contributed by atoms with Crippen LogP contribution in [0.15, 0.2) is 0 Å². The van der Waals surface area contributed by atoms with Crippen molar-refractivity contribution in [1.82, 2.24) is 5.32 Å². The number of hydrogen-bond acceptors (Lipinski definition) is 3. The van der Waals surface area contributed by atoms with Crippen LogP contribution in [0, 0.1) is 0 Å². The highest BCUT2D eigenvalue weighted by molar-refractivity contribution is 7.92. The smallest absolute Gasteiger partial charge is 0.221 e. The molecule has 0 bridgehead atoms. The summed E-state index contributed by atoms with van der Waals surface area (Å²) in [5.74, 6) is -0.0986. The van der Waals surface area contributed by atoms with E-state index in [-0.39, 0.29) is 24.6 Å². The van der Waals surface area contributed by atoms with E-state index >= 15 is 0 Å². The molecule has 1 unspecified atom stereocenters. The molecule has 0 radical (unpaired) electrons. The summed E-state index contributed by atoms with van der Waals surface area (Å²) < 4.78 is 22.3. The lowest BCUT2D eigenvalue weighted by Gasteiger charge is -2.04. The van der Waals surface area contributed by atoms with Gasteiger partial charge in [-0.3, -0.25) is 4.79 Å². The quantitative estimate of drug-likeness (QED) is 0.532. The maximum atomic E-state index is 11.2. The van der Waals surface area contributed by atoms with Crippen molar-refractivity contribution in [3.05, 3.63) is 0 Å². The summed E-state index contributed by atoms with van der Waals surface area (Å²) in [5, 5.41) is 1.99. The summed E-state index contributed by atoms with van der Waals surface area (Å²) in [6.07, 6.45) is 0.0995. The molecule has 1 fully saturated rings. The molecule has 1 N–H and O–H groups in total. The lowest BCUT2D eigenvalue weighted by atomic mass is 10.3. The predicted molar refractivity (Wildman–Crippen MR) is 40.9 cm³/mol. The van der Waals surface area contributed by atoms with Gasteiger partial charge in [-0.15, -0.1) is 0 Å². The second-order valence-corrected chi connectivity index (χ2v) is 5.27. The van der Waals surface area contributed by atoms with Gasteiger partial charge in [-0.05, 0) is 6.92 Å². The van der Waals surface area contributed by atoms with E-state index in [4.69, 9.17) is 0 Å². The van der Waals surface area contributed by atoms with Gasteiger partial charge in [-0.25, -0.2) is 8.42 Å². The van der Waals surface area contributed by atoms with Crippen molar-refractivity contribution in [3.63, 3.8) is 0 Å². The van der Waals surface area contributed by atoms with Crippen molar-refractivity contribution in [3.8, 4) is 0 Å². The van der Waals surface area contributed by atoms with Crippen LogP contribution in [0.1, 0.15) is 13.3 Å². The molecule has 1 saturated heterocycles. The molecule has 0 aromatic heterocycles. The Hall–Kier alpha value is -0.580. The highest BCUT2D eigenvalue weighted by Crippen LogP contribution is 2.08. The number of hydrogen-bond donors (Lipinski definition) is 1. The molecular weight excluding hydrogens is 166 g/mol. The zero-order chi connectivity index (χ0) is 8.48. The summed E-state index contributed by atoms with van der Waals surface area (Å²) in [7, 11) is -3.01. The van der Waals surface area contributed by atoms with E-state index in [1.54, 1.807) is 6.92 Å². The van der Waals surface area contributed by atoms with Gasteiger partial charge in [0.1, 0.15) is 0 Å². The Morgan fingerprint density at radius 1 is 1.55 bits per heavy atom. The number of amides is 1. The summed E-state index contributed by atoms with van der Waals surface area (Å²) in [6.45, 7) is 1.83. The maximum Gasteiger partial charge on any atom is 0.221 e. The van der Waals surface area contributed by atoms with Crippen LogP contribution in [0.3, 0.4) is 0 Å². The van der Waals surface area contributed by atoms with Crippen molar-refractivity contribution in [2.24, 2.45) is 0 Å². The predicted octanol–water partition coefficient (Wildman–Crippen LogP) is -0.690. The van der Waals surface area contributed by atoms with Crippen LogP contribution in [0.2, 0.25) is 0 Å². The van der Waals surface area contributed by atoms with Crippen LogP contribution in [0.4, 0.5) is 0 Å². The maximum absolute atomic E-state index is 11.2. The van der Waals surface area contributed by atoms with Gasteiger partial charge in [0.2, 0.25) is 5.91 Å². The molecular formula is C6H11NO3S. The second-order valence-electron chi connectivity index (χ2n) is 2.73. The van der Waals surface area contributed by atoms with Gasteiger partial charge in [-0.1, -0.05) is 0 Å². The Balaban J connectivity index is 2.82. The summed E-state index contributed by atoms with van der Waals surface area (Å²) >= 11 is 0. The molecule has 1 aliphatic rings. The number of sulfone groups is 1. The molecule has 1 amide bonds. The summed E-state index contributed by atoms with van der Waals surface area (Å²) in [6, 6.07) is 0. The van der Waals surface area contributed by atoms with E-state index in [1.807, 2.05) is 0 Å². The van der Waals surface area contributed by atoms with Crippen molar-refractivity contribution >= 4 is 15.7 Å². The first-order valence-corrected chi connectivity index (χ1v) is 5.22. The van der Waals surface area contributed by atoms with Crippen molar-refractivity contribution < 1.29 is 13.2 Å². The number of carbonyl (C=O) groups excluding carboxylic acids is 1. The first-order valence-electron chi connectivity index (χ1n) is 3.50. The highest BCUT2D eigenvalue weighted by atomic mass is 32.2. The third-order valence-electron chi connectivity index (χ3n) is 1.79. The lowest BCUT2D eigenvalue weighted by Crippen LogP contribution is -2.23. The van der Waals surface area contributed by atoms with E-state index in [0.29, 0.717) is 0 Å². The van der Waals surface area contributed by atoms with Crippen LogP contribution < -0.4 is 5.32 Å². The minimum Gasteiger partial charge on any atom is -0.355 e. The van der Waals surface area contributed by atoms with Crippen molar-refractivity contribution in [2.75, 3.05) is 12.3 Å². The fraction of sp³-hybridized carbons (Fsp3) is 0.833. The first kappa shape index (κ1) is 8.52. The molecule has 1 aliphatic heterocycles. The fourth-order valence-corrected chi connectivity index (χ4v) is 2.19. The largest absolute Gasteiger partial charge is 0.355 e. The van der Waals surface area contributed by atoms with Crippen molar-refractivity contribution in [1.29, 1.82) is 0 Å². The summed E-state index contributed by atoms with van der Waals surface area (Å²) in [4.78, 5) is 10.8. The Morgan fingerprint density at radius 3 is 2.82 bits per heavy atom. The van der Waals surface area contributed by atoms with E-state index in [2.05, 4.69) is 5.32 Å². The first-order chi connectivity index (χ1) is 5.02. The van der Waals surface area contributed by atoms with Crippen LogP contribution >= 0.6 is 0 Å². The molecule has 1 rings (SSSR count). The van der Waals surface area contributed by atoms with Gasteiger partial charge in [0.05, 0.1) is 11.0 Å². The van der Waals surface area contributed by atoms with Crippen LogP contribution in [0.25, 0.3) is 0 Å². The Bertz CT molecular complexity index is 257. The van der Waals surface area contributed by atoms with Gasteiger partial charge in [0.25, 0.3) is 0 Å². The average molecular weight is 177 g/mol. The van der Waals surface area contributed by atoms with Crippen LogP contribution in [-0.4, -0.2) is 31.9 Å². The molecule has 0 aliphatic carbocycles. The van der Waals surface area contributed by atoms with E-state index in [0.717, 1.165) is 0 Å². The number of rotatable bonds is 0. The lowest BCUT2D eigenvalue weighted by molar-refractivity contribution is -0.120. The van der Waals surface area contributed by atoms with Gasteiger partial charge in [0.15, 0.2) is 9.84 Å². The minimum atomic E-state index is -3.01. The van der Waals surface area contributed by atoms with E-state index < -0.39 is 15.1 Å². The van der Waals surface area contributed by atoms with Gasteiger partial charge in [0, 0.05) is 13.0 Å². The molecule has 4 nitrogen and oxygen atoms in total. The topological polar surface area (TPSA) is 63.2 Å². The summed E-state index contributed by atoms with van der Waals surface area (Å²) in [5.41, 5.74) is 0. The Labute approximate surface area is 65.9 Å². The molecule has 0 saturated carbocycles. The molecule has 5 heteroatoms. The van der Waals surface area contributed by atoms with E-state index in [9.17, 15) is 13.2 Å². The molecule has 0 aromatic rings. The standard InChI is InChI=1S/C6H11NO3S/c1-5-4-6(8)7-2-3-11(5,9)10/h5H,2-4H2,1H3,(H,7,8). The third-order valence-corrected chi connectivity index (χ3v) is 3.96. The SMILES string of the molecule is CC1CC(=O)NCCS1(=O)=O. The highest BCUT2D eigenvalue weighted by Gasteiger charge is 2.26. The van der Waals surface area contributed by atoms with Crippen molar-refractivity contribution in [2.45, 2.75) is 18.6 Å². The van der Waals surface area contributed by atoms with Gasteiger partial charge >= 0.3 is 0 Å².